The van der Waals surface area contributed by atoms with Gasteiger partial charge in [0.1, 0.15) is 0 Å². The van der Waals surface area contributed by atoms with Gasteiger partial charge < -0.3 is 10.6 Å². The molecule has 2 N–H and O–H groups in total. The Labute approximate surface area is 128 Å². The first-order valence-corrected chi connectivity index (χ1v) is 7.53. The summed E-state index contributed by atoms with van der Waals surface area (Å²) in [5.74, 6) is 5.77. The topological polar surface area (TPSA) is 59.2 Å². The van der Waals surface area contributed by atoms with Crippen molar-refractivity contribution in [3.05, 3.63) is 52.0 Å². The maximum absolute atomic E-state index is 12.5. The van der Waals surface area contributed by atoms with Gasteiger partial charge in [-0.15, -0.1) is 11.3 Å². The van der Waals surface area contributed by atoms with Crippen molar-refractivity contribution in [2.45, 2.75) is 13.5 Å². The first-order valence-electron chi connectivity index (χ1n) is 6.71. The molecule has 0 radical (unpaired) electrons. The van der Waals surface area contributed by atoms with E-state index in [1.807, 2.05) is 31.2 Å². The molecule has 0 saturated carbocycles. The minimum Gasteiger partial charge on any atom is -0.334 e. The molecule has 21 heavy (non-hydrogen) atoms. The molecule has 4 nitrogen and oxygen atoms in total. The molecule has 0 aliphatic heterocycles. The van der Waals surface area contributed by atoms with Gasteiger partial charge in [0.25, 0.3) is 5.91 Å². The highest BCUT2D eigenvalue weighted by molar-refractivity contribution is 7.14. The Bertz CT molecular complexity index is 655. The van der Waals surface area contributed by atoms with Gasteiger partial charge in [-0.1, -0.05) is 11.8 Å². The molecule has 2 rings (SSSR count). The Hall–Kier alpha value is -2.16. The van der Waals surface area contributed by atoms with Gasteiger partial charge in [0.2, 0.25) is 0 Å². The molecule has 2 aromatic rings. The first-order chi connectivity index (χ1) is 10.2. The molecule has 0 aromatic carbocycles. The highest BCUT2D eigenvalue weighted by atomic mass is 32.1. The van der Waals surface area contributed by atoms with Crippen LogP contribution in [-0.4, -0.2) is 28.9 Å². The molecule has 0 unspecified atom stereocenters. The van der Waals surface area contributed by atoms with Gasteiger partial charge in [0.05, 0.1) is 16.3 Å². The standard InChI is InChI=1S/C16H17N3OS/c1-2-19(12-13-7-10-18-11-8-13)16(20)15-6-5-14(21-15)4-3-9-17/h5-8,10-11H,2,9,12,17H2,1H3. The number of amides is 1. The van der Waals surface area contributed by atoms with E-state index >= 15 is 0 Å². The second kappa shape index (κ2) is 7.58. The summed E-state index contributed by atoms with van der Waals surface area (Å²) in [5.41, 5.74) is 6.42. The highest BCUT2D eigenvalue weighted by Gasteiger charge is 2.16. The highest BCUT2D eigenvalue weighted by Crippen LogP contribution is 2.18. The lowest BCUT2D eigenvalue weighted by molar-refractivity contribution is 0.0757. The summed E-state index contributed by atoms with van der Waals surface area (Å²) in [6.07, 6.45) is 3.47. The summed E-state index contributed by atoms with van der Waals surface area (Å²) in [5, 5.41) is 0. The maximum Gasteiger partial charge on any atom is 0.264 e. The second-order valence-electron chi connectivity index (χ2n) is 4.34. The van der Waals surface area contributed by atoms with E-state index in [2.05, 4.69) is 16.8 Å². The van der Waals surface area contributed by atoms with Crippen LogP contribution in [0.1, 0.15) is 27.0 Å². The van der Waals surface area contributed by atoms with Gasteiger partial charge in [-0.25, -0.2) is 0 Å². The number of aromatic nitrogens is 1. The van der Waals surface area contributed by atoms with Crippen LogP contribution in [0.25, 0.3) is 0 Å². The van der Waals surface area contributed by atoms with Crippen LogP contribution in [0.15, 0.2) is 36.7 Å². The lowest BCUT2D eigenvalue weighted by Gasteiger charge is -2.20. The van der Waals surface area contributed by atoms with Crippen LogP contribution in [0.5, 0.6) is 0 Å². The normalized spacial score (nSPS) is 9.81. The van der Waals surface area contributed by atoms with Crippen molar-refractivity contribution in [3.8, 4) is 11.8 Å². The van der Waals surface area contributed by atoms with Crippen molar-refractivity contribution in [1.82, 2.24) is 9.88 Å². The molecular formula is C16H17N3OS. The van der Waals surface area contributed by atoms with Crippen LogP contribution < -0.4 is 5.73 Å². The van der Waals surface area contributed by atoms with Crippen LogP contribution in [-0.2, 0) is 6.54 Å². The molecule has 0 aliphatic carbocycles. The number of carbonyl (C=O) groups is 1. The van der Waals surface area contributed by atoms with E-state index in [-0.39, 0.29) is 5.91 Å². The van der Waals surface area contributed by atoms with E-state index < -0.39 is 0 Å². The van der Waals surface area contributed by atoms with Crippen LogP contribution in [0.2, 0.25) is 0 Å². The van der Waals surface area contributed by atoms with E-state index in [0.29, 0.717) is 24.5 Å². The zero-order valence-corrected chi connectivity index (χ0v) is 12.7. The van der Waals surface area contributed by atoms with Crippen molar-refractivity contribution in [2.75, 3.05) is 13.1 Å². The lowest BCUT2D eigenvalue weighted by Crippen LogP contribution is -2.29. The average Bonchev–Trinajstić information content (AvgIpc) is 3.00. The summed E-state index contributed by atoms with van der Waals surface area (Å²) >= 11 is 1.40. The lowest BCUT2D eigenvalue weighted by atomic mass is 10.2. The van der Waals surface area contributed by atoms with Crippen molar-refractivity contribution in [1.29, 1.82) is 0 Å². The summed E-state index contributed by atoms with van der Waals surface area (Å²) in [4.78, 5) is 19.9. The zero-order chi connectivity index (χ0) is 15.1. The Morgan fingerprint density at radius 1 is 1.33 bits per heavy atom. The SMILES string of the molecule is CCN(Cc1ccncc1)C(=O)c1ccc(C#CCN)s1. The number of pyridine rings is 1. The molecule has 1 amide bonds. The third kappa shape index (κ3) is 4.15. The maximum atomic E-state index is 12.5. The third-order valence-electron chi connectivity index (χ3n) is 2.92. The minimum absolute atomic E-state index is 0.0279. The summed E-state index contributed by atoms with van der Waals surface area (Å²) in [7, 11) is 0. The number of nitrogens with zero attached hydrogens (tertiary/aromatic N) is 2. The van der Waals surface area contributed by atoms with Gasteiger partial charge in [-0.05, 0) is 36.8 Å². The monoisotopic (exact) mass is 299 g/mol. The number of nitrogens with two attached hydrogens (primary N) is 1. The third-order valence-corrected chi connectivity index (χ3v) is 3.91. The van der Waals surface area contributed by atoms with Crippen molar-refractivity contribution < 1.29 is 4.79 Å². The van der Waals surface area contributed by atoms with Crippen LogP contribution in [0.4, 0.5) is 0 Å². The molecule has 2 heterocycles. The van der Waals surface area contributed by atoms with E-state index in [9.17, 15) is 4.79 Å². The van der Waals surface area contributed by atoms with Crippen molar-refractivity contribution >= 4 is 17.2 Å². The quantitative estimate of drug-likeness (QED) is 0.880. The molecule has 5 heteroatoms. The van der Waals surface area contributed by atoms with Gasteiger partial charge in [-0.3, -0.25) is 9.78 Å². The summed E-state index contributed by atoms with van der Waals surface area (Å²) in [6.45, 7) is 3.54. The molecule has 0 fully saturated rings. The molecular weight excluding hydrogens is 282 g/mol. The Balaban J connectivity index is 2.11. The number of rotatable bonds is 4. The van der Waals surface area contributed by atoms with E-state index in [4.69, 9.17) is 5.73 Å². The first kappa shape index (κ1) is 15.2. The fraction of sp³-hybridized carbons (Fsp3) is 0.250. The molecule has 0 atom stereocenters. The van der Waals surface area contributed by atoms with Gasteiger partial charge in [0.15, 0.2) is 0 Å². The fourth-order valence-electron chi connectivity index (χ4n) is 1.85. The number of hydrogen-bond donors (Lipinski definition) is 1. The van der Waals surface area contributed by atoms with Gasteiger partial charge in [-0.2, -0.15) is 0 Å². The molecule has 0 aliphatic rings. The molecule has 0 spiro atoms. The van der Waals surface area contributed by atoms with E-state index in [1.165, 1.54) is 11.3 Å². The predicted octanol–water partition coefficient (Wildman–Crippen LogP) is 2.12. The molecule has 2 aromatic heterocycles. The smallest absolute Gasteiger partial charge is 0.264 e. The second-order valence-corrected chi connectivity index (χ2v) is 5.43. The van der Waals surface area contributed by atoms with Crippen molar-refractivity contribution in [2.24, 2.45) is 5.73 Å². The molecule has 0 bridgehead atoms. The average molecular weight is 299 g/mol. The number of carbonyl (C=O) groups excluding carboxylic acids is 1. The Kier molecular flexibility index (Phi) is 5.50. The predicted molar refractivity (Wildman–Crippen MR) is 84.9 cm³/mol. The zero-order valence-electron chi connectivity index (χ0n) is 11.9. The van der Waals surface area contributed by atoms with Crippen LogP contribution in [0.3, 0.4) is 0 Å². The fourth-order valence-corrected chi connectivity index (χ4v) is 2.70. The van der Waals surface area contributed by atoms with E-state index in [0.717, 1.165) is 10.4 Å². The molecule has 108 valence electrons. The van der Waals surface area contributed by atoms with Gasteiger partial charge >= 0.3 is 0 Å². The minimum atomic E-state index is 0.0279. The van der Waals surface area contributed by atoms with Crippen LogP contribution >= 0.6 is 11.3 Å². The number of thiophene rings is 1. The Morgan fingerprint density at radius 2 is 2.10 bits per heavy atom. The van der Waals surface area contributed by atoms with E-state index in [1.54, 1.807) is 17.3 Å². The van der Waals surface area contributed by atoms with Crippen molar-refractivity contribution in [3.63, 3.8) is 0 Å². The van der Waals surface area contributed by atoms with Crippen LogP contribution in [0, 0.1) is 11.8 Å². The summed E-state index contributed by atoms with van der Waals surface area (Å²) in [6, 6.07) is 7.52. The van der Waals surface area contributed by atoms with Gasteiger partial charge in [0, 0.05) is 25.5 Å². The Morgan fingerprint density at radius 3 is 2.76 bits per heavy atom. The summed E-state index contributed by atoms with van der Waals surface area (Å²) < 4.78 is 0. The largest absolute Gasteiger partial charge is 0.334 e. The molecule has 0 saturated heterocycles. The number of hydrogen-bond acceptors (Lipinski definition) is 4.